The Balaban J connectivity index is 2.75. The summed E-state index contributed by atoms with van der Waals surface area (Å²) in [5.74, 6) is 0.212. The Kier molecular flexibility index (Phi) is 7.22. The lowest BCUT2D eigenvalue weighted by Gasteiger charge is -2.40. The van der Waals surface area contributed by atoms with Gasteiger partial charge in [0.25, 0.3) is 0 Å². The van der Waals surface area contributed by atoms with Crippen LogP contribution >= 0.6 is 0 Å². The third-order valence-corrected chi connectivity index (χ3v) is 14.0. The molecular formula is C18H35NOSi3. The first-order valence-corrected chi connectivity index (χ1v) is 16.3. The van der Waals surface area contributed by atoms with Crippen LogP contribution in [0.4, 0.5) is 0 Å². The van der Waals surface area contributed by atoms with Crippen molar-refractivity contribution in [3.63, 3.8) is 0 Å². The largest absolute Gasteiger partial charge is 0.405 e. The Morgan fingerprint density at radius 2 is 1.74 bits per heavy atom. The van der Waals surface area contributed by atoms with Crippen LogP contribution in [0.3, 0.4) is 0 Å². The van der Waals surface area contributed by atoms with Crippen LogP contribution in [0.15, 0.2) is 42.6 Å². The third-order valence-electron chi connectivity index (χ3n) is 4.95. The number of hydrogen-bond acceptors (Lipinski definition) is 2. The van der Waals surface area contributed by atoms with E-state index in [1.807, 2.05) is 0 Å². The summed E-state index contributed by atoms with van der Waals surface area (Å²) in [6.07, 6.45) is 1.05. The standard InChI is InChI=1S/C18H35NOSi3/c1-9-21-17(20-23(7,8)18(2,3)4)19-15-22(5,6)16-13-11-10-12-14-16/h9-14,17,19H,1,15,21H2,2-8H3. The molecule has 5 heteroatoms. The van der Waals surface area contributed by atoms with Gasteiger partial charge >= 0.3 is 0 Å². The van der Waals surface area contributed by atoms with E-state index in [0.717, 1.165) is 6.17 Å². The second-order valence-corrected chi connectivity index (χ2v) is 19.8. The zero-order valence-electron chi connectivity index (χ0n) is 16.1. The van der Waals surface area contributed by atoms with Gasteiger partial charge in [0.2, 0.25) is 0 Å². The average Bonchev–Trinajstić information content (AvgIpc) is 2.44. The van der Waals surface area contributed by atoms with Crippen molar-refractivity contribution in [2.75, 3.05) is 6.17 Å². The van der Waals surface area contributed by atoms with Gasteiger partial charge in [-0.05, 0) is 24.3 Å². The van der Waals surface area contributed by atoms with Gasteiger partial charge in [-0.25, -0.2) is 0 Å². The zero-order valence-corrected chi connectivity index (χ0v) is 19.5. The van der Waals surface area contributed by atoms with E-state index in [1.54, 1.807) is 0 Å². The molecule has 1 N–H and O–H groups in total. The molecule has 0 aliphatic heterocycles. The monoisotopic (exact) mass is 365 g/mol. The molecule has 1 rings (SSSR count). The van der Waals surface area contributed by atoms with Crippen molar-refractivity contribution in [3.05, 3.63) is 42.6 Å². The maximum Gasteiger partial charge on any atom is 0.193 e. The Morgan fingerprint density at radius 1 is 1.17 bits per heavy atom. The lowest BCUT2D eigenvalue weighted by atomic mass is 10.2. The molecule has 0 bridgehead atoms. The van der Waals surface area contributed by atoms with E-state index >= 15 is 0 Å². The van der Waals surface area contributed by atoms with Crippen molar-refractivity contribution in [1.82, 2.24) is 5.32 Å². The molecule has 2 nitrogen and oxygen atoms in total. The minimum Gasteiger partial charge on any atom is -0.405 e. The summed E-state index contributed by atoms with van der Waals surface area (Å²) in [6, 6.07) is 10.9. The van der Waals surface area contributed by atoms with Gasteiger partial charge in [0.1, 0.15) is 0 Å². The summed E-state index contributed by atoms with van der Waals surface area (Å²) in [5.41, 5.74) is 2.10. The predicted molar refractivity (Wildman–Crippen MR) is 112 cm³/mol. The molecule has 130 valence electrons. The van der Waals surface area contributed by atoms with Gasteiger partial charge in [-0.15, -0.1) is 12.3 Å². The molecule has 23 heavy (non-hydrogen) atoms. The van der Waals surface area contributed by atoms with Gasteiger partial charge in [-0.1, -0.05) is 69.4 Å². The van der Waals surface area contributed by atoms with Crippen LogP contribution in [-0.4, -0.2) is 37.9 Å². The minimum absolute atomic E-state index is 0.212. The minimum atomic E-state index is -1.74. The first-order chi connectivity index (χ1) is 10.5. The fourth-order valence-corrected chi connectivity index (χ4v) is 7.94. The molecule has 0 aliphatic carbocycles. The molecule has 0 saturated carbocycles. The van der Waals surface area contributed by atoms with E-state index in [9.17, 15) is 0 Å². The van der Waals surface area contributed by atoms with Crippen molar-refractivity contribution >= 4 is 31.1 Å². The summed E-state index contributed by atoms with van der Waals surface area (Å²) in [7, 11) is -3.68. The van der Waals surface area contributed by atoms with Crippen LogP contribution in [0, 0.1) is 0 Å². The molecule has 1 unspecified atom stereocenters. The second-order valence-electron chi connectivity index (χ2n) is 8.52. The first-order valence-electron chi connectivity index (χ1n) is 8.57. The van der Waals surface area contributed by atoms with Gasteiger partial charge in [0.05, 0.1) is 23.4 Å². The maximum absolute atomic E-state index is 6.61. The molecule has 0 radical (unpaired) electrons. The lowest BCUT2D eigenvalue weighted by Crippen LogP contribution is -2.57. The van der Waals surface area contributed by atoms with Gasteiger partial charge in [0, 0.05) is 0 Å². The normalized spacial score (nSPS) is 15.1. The highest BCUT2D eigenvalue weighted by Crippen LogP contribution is 2.37. The molecule has 0 amide bonds. The van der Waals surface area contributed by atoms with E-state index in [0.29, 0.717) is 0 Å². The summed E-state index contributed by atoms with van der Waals surface area (Å²) in [4.78, 5) is 0. The van der Waals surface area contributed by atoms with Crippen LogP contribution < -0.4 is 10.5 Å². The lowest BCUT2D eigenvalue weighted by molar-refractivity contribution is 0.223. The fraction of sp³-hybridized carbons (Fsp3) is 0.556. The topological polar surface area (TPSA) is 21.3 Å². The van der Waals surface area contributed by atoms with E-state index in [2.05, 4.69) is 94.9 Å². The van der Waals surface area contributed by atoms with Gasteiger partial charge in [-0.3, -0.25) is 5.32 Å². The molecule has 0 saturated heterocycles. The van der Waals surface area contributed by atoms with Crippen LogP contribution in [0.25, 0.3) is 0 Å². The van der Waals surface area contributed by atoms with Crippen LogP contribution in [0.1, 0.15) is 20.8 Å². The highest BCUT2D eigenvalue weighted by molar-refractivity contribution is 6.90. The molecule has 0 spiro atoms. The fourth-order valence-electron chi connectivity index (χ4n) is 2.22. The van der Waals surface area contributed by atoms with Gasteiger partial charge in [0.15, 0.2) is 8.32 Å². The van der Waals surface area contributed by atoms with Crippen LogP contribution in [0.2, 0.25) is 31.2 Å². The van der Waals surface area contributed by atoms with Crippen molar-refractivity contribution in [1.29, 1.82) is 0 Å². The van der Waals surface area contributed by atoms with Crippen LogP contribution in [0.5, 0.6) is 0 Å². The average molecular weight is 366 g/mol. The molecule has 0 fully saturated rings. The summed E-state index contributed by atoms with van der Waals surface area (Å²) in [5, 5.41) is 5.50. The Bertz CT molecular complexity index is 495. The van der Waals surface area contributed by atoms with E-state index < -0.39 is 25.9 Å². The number of benzene rings is 1. The SMILES string of the molecule is C=C[SiH2]C(NC[Si](C)(C)c1ccccc1)O[Si](C)(C)C(C)(C)C. The molecule has 1 aromatic carbocycles. The summed E-state index contributed by atoms with van der Waals surface area (Å²) >= 11 is 0. The maximum atomic E-state index is 6.61. The highest BCUT2D eigenvalue weighted by Gasteiger charge is 2.39. The molecular weight excluding hydrogens is 330 g/mol. The number of nitrogens with one attached hydrogen (secondary N) is 1. The smallest absolute Gasteiger partial charge is 0.193 e. The first kappa shape index (κ1) is 20.6. The molecule has 0 aromatic heterocycles. The van der Waals surface area contributed by atoms with Crippen molar-refractivity contribution in [2.45, 2.75) is 57.8 Å². The van der Waals surface area contributed by atoms with Gasteiger partial charge in [-0.2, -0.15) is 0 Å². The number of hydrogen-bond donors (Lipinski definition) is 1. The zero-order chi connectivity index (χ0) is 17.7. The predicted octanol–water partition coefficient (Wildman–Crippen LogP) is 3.35. The third kappa shape index (κ3) is 6.15. The molecule has 0 aliphatic rings. The van der Waals surface area contributed by atoms with E-state index in [-0.39, 0.29) is 10.9 Å². The molecule has 1 aromatic rings. The van der Waals surface area contributed by atoms with Crippen molar-refractivity contribution in [3.8, 4) is 0 Å². The van der Waals surface area contributed by atoms with E-state index in [4.69, 9.17) is 4.43 Å². The van der Waals surface area contributed by atoms with E-state index in [1.165, 1.54) is 5.19 Å². The van der Waals surface area contributed by atoms with Crippen molar-refractivity contribution < 1.29 is 4.43 Å². The van der Waals surface area contributed by atoms with Crippen LogP contribution in [-0.2, 0) is 4.43 Å². The summed E-state index contributed by atoms with van der Waals surface area (Å²) in [6.45, 7) is 20.4. The molecule has 1 atom stereocenters. The second kappa shape index (κ2) is 8.07. The molecule has 0 heterocycles. The Labute approximate surface area is 147 Å². The highest BCUT2D eigenvalue weighted by atomic mass is 28.4. The Morgan fingerprint density at radius 3 is 2.22 bits per heavy atom. The Hall–Kier alpha value is -0.469. The van der Waals surface area contributed by atoms with Crippen molar-refractivity contribution in [2.24, 2.45) is 0 Å². The van der Waals surface area contributed by atoms with Gasteiger partial charge < -0.3 is 4.43 Å². The quantitative estimate of drug-likeness (QED) is 0.563. The number of rotatable bonds is 8. The summed E-state index contributed by atoms with van der Waals surface area (Å²) < 4.78 is 6.61.